The van der Waals surface area contributed by atoms with Crippen LogP contribution in [0.25, 0.3) is 11.1 Å². The van der Waals surface area contributed by atoms with E-state index in [0.29, 0.717) is 5.75 Å². The van der Waals surface area contributed by atoms with Crippen molar-refractivity contribution in [3.63, 3.8) is 0 Å². The first-order chi connectivity index (χ1) is 19.8. The van der Waals surface area contributed by atoms with Crippen LogP contribution in [0.3, 0.4) is 0 Å². The normalized spacial score (nSPS) is 13.7. The fourth-order valence-corrected chi connectivity index (χ4v) is 6.23. The molecule has 0 aliphatic heterocycles. The largest absolute Gasteiger partial charge is 0.492 e. The van der Waals surface area contributed by atoms with Crippen molar-refractivity contribution < 1.29 is 38.5 Å². The van der Waals surface area contributed by atoms with Crippen LogP contribution in [-0.2, 0) is 30.7 Å². The van der Waals surface area contributed by atoms with Gasteiger partial charge in [0.05, 0.1) is 25.2 Å². The molecule has 0 bridgehead atoms. The molecule has 5 N–H and O–H groups in total. The SMILES string of the molecule is Cc1cc(C(C)(C)C)c(-c2c(C(C)(C)C)ccc(OCC(CO)(COP(O)O)COP(O)O)c2C(C)(C)C)c(C(C)(C)C)c1. The van der Waals surface area contributed by atoms with Crippen molar-refractivity contribution in [3.8, 4) is 16.9 Å². The van der Waals surface area contributed by atoms with Crippen LogP contribution in [0.15, 0.2) is 24.3 Å². The average molecular weight is 655 g/mol. The number of benzene rings is 2. The first-order valence-corrected chi connectivity index (χ1v) is 17.4. The molecule has 2 rings (SSSR count). The van der Waals surface area contributed by atoms with E-state index in [0.717, 1.165) is 11.1 Å². The highest BCUT2D eigenvalue weighted by atomic mass is 31.2. The van der Waals surface area contributed by atoms with Gasteiger partial charge in [-0.1, -0.05) is 107 Å². The molecule has 0 amide bonds. The number of aryl methyl sites for hydroxylation is 1. The standard InChI is InChI=1S/C34H56O8P2/c1-22-16-24(31(5,6)7)27(25(17-22)32(8,9)10)28-23(30(2,3)4)14-15-26(29(28)33(11,12)13)40-19-34(18-35,20-41-43(36)37)21-42-44(38)39/h14-17,35-39H,18-21H2,1-13H3. The molecule has 0 heterocycles. The summed E-state index contributed by atoms with van der Waals surface area (Å²) in [4.78, 5) is 37.7. The third-order valence-electron chi connectivity index (χ3n) is 7.72. The van der Waals surface area contributed by atoms with E-state index >= 15 is 0 Å². The Bertz CT molecular complexity index is 1220. The third kappa shape index (κ3) is 9.91. The van der Waals surface area contributed by atoms with Gasteiger partial charge in [0.1, 0.15) is 12.4 Å². The van der Waals surface area contributed by atoms with Crippen LogP contribution in [0.1, 0.15) is 111 Å². The van der Waals surface area contributed by atoms with Gasteiger partial charge in [-0.05, 0) is 62.5 Å². The highest BCUT2D eigenvalue weighted by Crippen LogP contribution is 2.51. The first-order valence-electron chi connectivity index (χ1n) is 15.0. The molecule has 250 valence electrons. The lowest BCUT2D eigenvalue weighted by molar-refractivity contribution is -0.0165. The Balaban J connectivity index is 3.03. The van der Waals surface area contributed by atoms with E-state index in [1.807, 2.05) is 6.07 Å². The van der Waals surface area contributed by atoms with Gasteiger partial charge in [0.15, 0.2) is 0 Å². The minimum atomic E-state index is -2.71. The minimum absolute atomic E-state index is 0.139. The molecule has 44 heavy (non-hydrogen) atoms. The van der Waals surface area contributed by atoms with Gasteiger partial charge >= 0.3 is 17.2 Å². The lowest BCUT2D eigenvalue weighted by atomic mass is 9.67. The van der Waals surface area contributed by atoms with Gasteiger partial charge in [-0.3, -0.25) is 0 Å². The van der Waals surface area contributed by atoms with Crippen LogP contribution >= 0.6 is 17.2 Å². The monoisotopic (exact) mass is 654 g/mol. The van der Waals surface area contributed by atoms with Crippen LogP contribution in [-0.4, -0.2) is 51.1 Å². The average Bonchev–Trinajstić information content (AvgIpc) is 2.85. The summed E-state index contributed by atoms with van der Waals surface area (Å²) in [7, 11) is -5.43. The van der Waals surface area contributed by atoms with Crippen molar-refractivity contribution in [2.24, 2.45) is 5.41 Å². The summed E-state index contributed by atoms with van der Waals surface area (Å²) in [6.45, 7) is 27.4. The van der Waals surface area contributed by atoms with Crippen LogP contribution in [0.4, 0.5) is 0 Å². The zero-order valence-electron chi connectivity index (χ0n) is 29.0. The number of hydrogen-bond donors (Lipinski definition) is 5. The van der Waals surface area contributed by atoms with E-state index in [9.17, 15) is 24.7 Å². The highest BCUT2D eigenvalue weighted by Gasteiger charge is 2.38. The molecule has 0 aromatic heterocycles. The van der Waals surface area contributed by atoms with Crippen LogP contribution < -0.4 is 4.74 Å². The third-order valence-corrected chi connectivity index (χ3v) is 8.44. The predicted octanol–water partition coefficient (Wildman–Crippen LogP) is 7.67. The van der Waals surface area contributed by atoms with Gasteiger partial charge in [0.25, 0.3) is 0 Å². The smallest absolute Gasteiger partial charge is 0.327 e. The minimum Gasteiger partial charge on any atom is -0.492 e. The summed E-state index contributed by atoms with van der Waals surface area (Å²) in [5.41, 5.74) is 6.02. The van der Waals surface area contributed by atoms with Crippen LogP contribution in [0.5, 0.6) is 5.75 Å². The molecule has 10 heteroatoms. The maximum Gasteiger partial charge on any atom is 0.327 e. The Morgan fingerprint density at radius 2 is 1.02 bits per heavy atom. The van der Waals surface area contributed by atoms with Crippen molar-refractivity contribution in [2.45, 2.75) is 112 Å². The van der Waals surface area contributed by atoms with E-state index in [-0.39, 0.29) is 41.5 Å². The molecule has 0 atom stereocenters. The number of rotatable bonds is 11. The van der Waals surface area contributed by atoms with Gasteiger partial charge in [-0.25, -0.2) is 0 Å². The molecule has 0 unspecified atom stereocenters. The summed E-state index contributed by atoms with van der Waals surface area (Å²) >= 11 is 0. The van der Waals surface area contributed by atoms with Gasteiger partial charge in [0.2, 0.25) is 0 Å². The summed E-state index contributed by atoms with van der Waals surface area (Å²) in [6, 6.07) is 8.68. The van der Waals surface area contributed by atoms with Crippen molar-refractivity contribution >= 4 is 17.2 Å². The second-order valence-corrected chi connectivity index (χ2v) is 17.6. The number of hydrogen-bond acceptors (Lipinski definition) is 8. The molecular formula is C34H56O8P2. The maximum absolute atomic E-state index is 10.4. The van der Waals surface area contributed by atoms with Crippen molar-refractivity contribution in [3.05, 3.63) is 52.1 Å². The molecule has 0 fully saturated rings. The second kappa shape index (κ2) is 14.3. The number of ether oxygens (including phenoxy) is 1. The Morgan fingerprint density at radius 1 is 0.591 bits per heavy atom. The molecule has 0 saturated carbocycles. The molecule has 0 aliphatic carbocycles. The molecule has 0 radical (unpaired) electrons. The zero-order valence-corrected chi connectivity index (χ0v) is 30.8. The Labute approximate surface area is 267 Å². The maximum atomic E-state index is 10.4. The van der Waals surface area contributed by atoms with Crippen LogP contribution in [0.2, 0.25) is 0 Å². The second-order valence-electron chi connectivity index (χ2n) is 16.1. The van der Waals surface area contributed by atoms with Crippen molar-refractivity contribution in [1.82, 2.24) is 0 Å². The Morgan fingerprint density at radius 3 is 1.36 bits per heavy atom. The van der Waals surface area contributed by atoms with E-state index < -0.39 is 29.2 Å². The number of aliphatic hydroxyl groups is 1. The van der Waals surface area contributed by atoms with Gasteiger partial charge < -0.3 is 38.5 Å². The summed E-state index contributed by atoms with van der Waals surface area (Å²) in [5, 5.41) is 10.4. The lowest BCUT2D eigenvalue weighted by Crippen LogP contribution is -2.41. The van der Waals surface area contributed by atoms with E-state index in [4.69, 9.17) is 13.8 Å². The predicted molar refractivity (Wildman–Crippen MR) is 181 cm³/mol. The highest BCUT2D eigenvalue weighted by molar-refractivity contribution is 7.39. The molecule has 2 aromatic carbocycles. The summed E-state index contributed by atoms with van der Waals surface area (Å²) in [6.07, 6.45) is 0. The fourth-order valence-electron chi connectivity index (χ4n) is 5.45. The van der Waals surface area contributed by atoms with Gasteiger partial charge in [-0.15, -0.1) is 0 Å². The molecule has 0 aliphatic rings. The lowest BCUT2D eigenvalue weighted by Gasteiger charge is -2.38. The van der Waals surface area contributed by atoms with E-state index in [2.05, 4.69) is 108 Å². The zero-order chi connectivity index (χ0) is 34.1. The molecular weight excluding hydrogens is 598 g/mol. The van der Waals surface area contributed by atoms with E-state index in [1.54, 1.807) is 0 Å². The van der Waals surface area contributed by atoms with Crippen molar-refractivity contribution in [1.29, 1.82) is 0 Å². The van der Waals surface area contributed by atoms with E-state index in [1.165, 1.54) is 27.8 Å². The summed E-state index contributed by atoms with van der Waals surface area (Å²) in [5.74, 6) is 0.615. The quantitative estimate of drug-likeness (QED) is 0.156. The fraction of sp³-hybridized carbons (Fsp3) is 0.647. The molecule has 0 spiro atoms. The van der Waals surface area contributed by atoms with Crippen molar-refractivity contribution in [2.75, 3.05) is 26.4 Å². The molecule has 8 nitrogen and oxygen atoms in total. The molecule has 2 aromatic rings. The Hall–Kier alpha value is -1.18. The molecule has 0 saturated heterocycles. The summed E-state index contributed by atoms with van der Waals surface area (Å²) < 4.78 is 16.7. The van der Waals surface area contributed by atoms with Gasteiger partial charge in [0, 0.05) is 5.56 Å². The number of aliphatic hydroxyl groups excluding tert-OH is 1. The van der Waals surface area contributed by atoms with Crippen LogP contribution in [0, 0.1) is 12.3 Å². The Kier molecular flexibility index (Phi) is 12.7. The first kappa shape index (κ1) is 39.0. The topological polar surface area (TPSA) is 129 Å². The van der Waals surface area contributed by atoms with Gasteiger partial charge in [-0.2, -0.15) is 0 Å².